The molecule has 8 aromatic rings. The molecule has 9 rings (SSSR count). The maximum atomic E-state index is 5.45. The molecular weight excluding hydrogens is 555 g/mol. The lowest BCUT2D eigenvalue weighted by Gasteiger charge is -2.15. The standard InChI is InChI=1S/C45H29N/c1-4-13-30(14-5-1)33-25-34(31-15-6-2-7-16-31)27-36(26-33)43-28-35(32-17-8-3-9-18-32)29-44(46-43)39-23-24-42-38-20-11-10-19-37(38)40-21-12-22-41(39)45(40)42/h1-29H. The molecule has 0 amide bonds. The molecule has 1 aliphatic rings. The maximum Gasteiger partial charge on any atom is 0.0721 e. The summed E-state index contributed by atoms with van der Waals surface area (Å²) < 4.78 is 0. The Labute approximate surface area is 269 Å². The molecule has 214 valence electrons. The summed E-state index contributed by atoms with van der Waals surface area (Å²) in [4.78, 5) is 5.45. The molecule has 0 radical (unpaired) electrons. The van der Waals surface area contributed by atoms with Crippen LogP contribution in [-0.2, 0) is 0 Å². The minimum absolute atomic E-state index is 0.956. The Morgan fingerprint density at radius 3 is 1.28 bits per heavy atom. The highest BCUT2D eigenvalue weighted by Crippen LogP contribution is 2.49. The molecule has 1 heteroatoms. The number of hydrogen-bond donors (Lipinski definition) is 0. The minimum Gasteiger partial charge on any atom is -0.248 e. The van der Waals surface area contributed by atoms with Crippen LogP contribution in [-0.4, -0.2) is 4.98 Å². The van der Waals surface area contributed by atoms with Crippen molar-refractivity contribution < 1.29 is 0 Å². The summed E-state index contributed by atoms with van der Waals surface area (Å²) in [5, 5.41) is 2.55. The lowest BCUT2D eigenvalue weighted by atomic mass is 9.92. The van der Waals surface area contributed by atoms with Crippen molar-refractivity contribution in [1.29, 1.82) is 0 Å². The van der Waals surface area contributed by atoms with Gasteiger partial charge in [-0.05, 0) is 96.7 Å². The SMILES string of the molecule is c1ccc(-c2cc(-c3ccccc3)cc(-c3cc(-c4ccccc4)cc(-c4ccc5c6c(cccc46)-c4ccccc4-5)n3)c2)cc1. The number of benzene rings is 7. The third-order valence-electron chi connectivity index (χ3n) is 9.20. The molecule has 1 heterocycles. The van der Waals surface area contributed by atoms with Gasteiger partial charge < -0.3 is 0 Å². The van der Waals surface area contributed by atoms with E-state index in [1.54, 1.807) is 0 Å². The fraction of sp³-hybridized carbons (Fsp3) is 0. The largest absolute Gasteiger partial charge is 0.248 e. The topological polar surface area (TPSA) is 12.9 Å². The molecule has 1 aromatic heterocycles. The van der Waals surface area contributed by atoms with Crippen molar-refractivity contribution in [3.63, 3.8) is 0 Å². The van der Waals surface area contributed by atoms with Crippen LogP contribution < -0.4 is 0 Å². The zero-order valence-electron chi connectivity index (χ0n) is 25.2. The molecule has 0 atom stereocenters. The fourth-order valence-electron chi connectivity index (χ4n) is 7.02. The molecule has 0 saturated heterocycles. The second kappa shape index (κ2) is 10.8. The van der Waals surface area contributed by atoms with Crippen LogP contribution in [0.3, 0.4) is 0 Å². The Kier molecular flexibility index (Phi) is 6.21. The Hall–Kier alpha value is -6.05. The van der Waals surface area contributed by atoms with Crippen LogP contribution in [0.5, 0.6) is 0 Å². The van der Waals surface area contributed by atoms with E-state index in [-0.39, 0.29) is 0 Å². The van der Waals surface area contributed by atoms with Gasteiger partial charge in [-0.25, -0.2) is 4.98 Å². The lowest BCUT2D eigenvalue weighted by Crippen LogP contribution is -1.94. The number of hydrogen-bond acceptors (Lipinski definition) is 1. The van der Waals surface area contributed by atoms with Crippen molar-refractivity contribution in [1.82, 2.24) is 4.98 Å². The van der Waals surface area contributed by atoms with Crippen LogP contribution in [0.1, 0.15) is 0 Å². The van der Waals surface area contributed by atoms with E-state index in [0.29, 0.717) is 0 Å². The average Bonchev–Trinajstić information content (AvgIpc) is 3.47. The van der Waals surface area contributed by atoms with E-state index in [2.05, 4.69) is 176 Å². The quantitative estimate of drug-likeness (QED) is 0.196. The number of rotatable bonds is 5. The Bertz CT molecular complexity index is 2300. The molecule has 0 N–H and O–H groups in total. The van der Waals surface area contributed by atoms with Gasteiger partial charge in [-0.15, -0.1) is 0 Å². The highest BCUT2D eigenvalue weighted by atomic mass is 14.7. The van der Waals surface area contributed by atoms with Crippen LogP contribution >= 0.6 is 0 Å². The van der Waals surface area contributed by atoms with E-state index in [4.69, 9.17) is 4.98 Å². The Morgan fingerprint density at radius 1 is 0.261 bits per heavy atom. The van der Waals surface area contributed by atoms with Gasteiger partial charge in [0.05, 0.1) is 11.4 Å². The summed E-state index contributed by atoms with van der Waals surface area (Å²) >= 11 is 0. The molecule has 7 aromatic carbocycles. The van der Waals surface area contributed by atoms with Crippen LogP contribution in [0.2, 0.25) is 0 Å². The van der Waals surface area contributed by atoms with Gasteiger partial charge in [-0.1, -0.05) is 146 Å². The first kappa shape index (κ1) is 26.4. The van der Waals surface area contributed by atoms with Crippen LogP contribution in [0.25, 0.3) is 88.9 Å². The predicted molar refractivity (Wildman–Crippen MR) is 193 cm³/mol. The summed E-state index contributed by atoms with van der Waals surface area (Å²) in [5.74, 6) is 0. The monoisotopic (exact) mass is 583 g/mol. The molecule has 0 aliphatic heterocycles. The molecule has 46 heavy (non-hydrogen) atoms. The van der Waals surface area contributed by atoms with Crippen molar-refractivity contribution in [2.45, 2.75) is 0 Å². The van der Waals surface area contributed by atoms with Crippen LogP contribution in [0.15, 0.2) is 176 Å². The van der Waals surface area contributed by atoms with E-state index < -0.39 is 0 Å². The Morgan fingerprint density at radius 2 is 0.696 bits per heavy atom. The van der Waals surface area contributed by atoms with Gasteiger partial charge in [0.15, 0.2) is 0 Å². The van der Waals surface area contributed by atoms with Gasteiger partial charge in [0.1, 0.15) is 0 Å². The molecule has 1 nitrogen and oxygen atoms in total. The zero-order chi connectivity index (χ0) is 30.5. The fourth-order valence-corrected chi connectivity index (χ4v) is 7.02. The van der Waals surface area contributed by atoms with Crippen molar-refractivity contribution in [2.24, 2.45) is 0 Å². The molecule has 0 spiro atoms. The summed E-state index contributed by atoms with van der Waals surface area (Å²) in [5.41, 5.74) is 16.4. The summed E-state index contributed by atoms with van der Waals surface area (Å²) in [6, 6.07) is 63.2. The summed E-state index contributed by atoms with van der Waals surface area (Å²) in [6.45, 7) is 0. The van der Waals surface area contributed by atoms with Crippen molar-refractivity contribution in [3.05, 3.63) is 176 Å². The number of nitrogens with zero attached hydrogens (tertiary/aromatic N) is 1. The number of pyridine rings is 1. The molecule has 0 fully saturated rings. The first-order valence-electron chi connectivity index (χ1n) is 15.8. The first-order chi connectivity index (χ1) is 22.8. The van der Waals surface area contributed by atoms with Crippen LogP contribution in [0.4, 0.5) is 0 Å². The Balaban J connectivity index is 1.29. The van der Waals surface area contributed by atoms with Gasteiger partial charge in [0, 0.05) is 11.1 Å². The molecule has 1 aliphatic carbocycles. The average molecular weight is 584 g/mol. The van der Waals surface area contributed by atoms with Gasteiger partial charge in [0.2, 0.25) is 0 Å². The van der Waals surface area contributed by atoms with E-state index >= 15 is 0 Å². The van der Waals surface area contributed by atoms with Crippen molar-refractivity contribution in [2.75, 3.05) is 0 Å². The van der Waals surface area contributed by atoms with Gasteiger partial charge in [-0.2, -0.15) is 0 Å². The van der Waals surface area contributed by atoms with Gasteiger partial charge in [-0.3, -0.25) is 0 Å². The van der Waals surface area contributed by atoms with E-state index in [1.165, 1.54) is 60.8 Å². The minimum atomic E-state index is 0.956. The summed E-state index contributed by atoms with van der Waals surface area (Å²) in [7, 11) is 0. The lowest BCUT2D eigenvalue weighted by molar-refractivity contribution is 1.33. The number of fused-ring (bicyclic) bond motifs is 3. The van der Waals surface area contributed by atoms with Crippen molar-refractivity contribution in [3.8, 4) is 78.1 Å². The normalized spacial score (nSPS) is 11.5. The maximum absolute atomic E-state index is 5.45. The van der Waals surface area contributed by atoms with Gasteiger partial charge in [0.25, 0.3) is 0 Å². The highest BCUT2D eigenvalue weighted by molar-refractivity contribution is 6.18. The summed E-state index contributed by atoms with van der Waals surface area (Å²) in [6.07, 6.45) is 0. The molecule has 0 saturated carbocycles. The second-order valence-corrected chi connectivity index (χ2v) is 12.0. The second-order valence-electron chi connectivity index (χ2n) is 12.0. The van der Waals surface area contributed by atoms with Crippen molar-refractivity contribution >= 4 is 10.8 Å². The zero-order valence-corrected chi connectivity index (χ0v) is 25.2. The predicted octanol–water partition coefficient (Wildman–Crippen LogP) is 12.2. The highest BCUT2D eigenvalue weighted by Gasteiger charge is 2.23. The van der Waals surface area contributed by atoms with Gasteiger partial charge >= 0.3 is 0 Å². The third kappa shape index (κ3) is 4.45. The number of aromatic nitrogens is 1. The van der Waals surface area contributed by atoms with E-state index in [9.17, 15) is 0 Å². The first-order valence-corrected chi connectivity index (χ1v) is 15.8. The molecule has 0 bridgehead atoms. The van der Waals surface area contributed by atoms with Crippen LogP contribution in [0, 0.1) is 0 Å². The smallest absolute Gasteiger partial charge is 0.0721 e. The van der Waals surface area contributed by atoms with E-state index in [1.807, 2.05) is 0 Å². The van der Waals surface area contributed by atoms with E-state index in [0.717, 1.165) is 28.1 Å². The third-order valence-corrected chi connectivity index (χ3v) is 9.20. The molecule has 0 unspecified atom stereocenters. The molecular formula is C45H29N.